The lowest BCUT2D eigenvalue weighted by molar-refractivity contribution is -0.364. The number of carbonyl (C=O) groups excluding carboxylic acids is 1. The Kier molecular flexibility index (Phi) is 8.07. The van der Waals surface area contributed by atoms with Crippen molar-refractivity contribution in [1.82, 2.24) is 0 Å². The van der Waals surface area contributed by atoms with Gasteiger partial charge in [0, 0.05) is 11.8 Å². The lowest BCUT2D eigenvalue weighted by atomic mass is 9.66. The van der Waals surface area contributed by atoms with Crippen molar-refractivity contribution in [3.8, 4) is 28.7 Å². The minimum atomic E-state index is -5.00. The molecule has 0 spiro atoms. The molecule has 2 aromatic carbocycles. The fourth-order valence-corrected chi connectivity index (χ4v) is 7.35. The van der Waals surface area contributed by atoms with E-state index in [2.05, 4.69) is 0 Å². The molecule has 10 atom stereocenters. The lowest BCUT2D eigenvalue weighted by Crippen LogP contribution is -2.63. The van der Waals surface area contributed by atoms with E-state index in [4.69, 9.17) is 47.2 Å². The summed E-state index contributed by atoms with van der Waals surface area (Å²) in [5.74, 6) is -2.25. The summed E-state index contributed by atoms with van der Waals surface area (Å²) in [5, 5.41) is 22.0. The zero-order chi connectivity index (χ0) is 32.5. The second-order valence-electron chi connectivity index (χ2n) is 11.6. The average molecular weight is 669 g/mol. The topological polar surface area (TPSA) is 207 Å². The third kappa shape index (κ3) is 5.37. The van der Waals surface area contributed by atoms with E-state index in [1.54, 1.807) is 19.1 Å². The van der Waals surface area contributed by atoms with Crippen LogP contribution in [-0.2, 0) is 33.0 Å². The molecule has 4 N–H and O–H groups in total. The fraction of sp³-hybridized carbons (Fsp3) is 0.552. The predicted octanol–water partition coefficient (Wildman–Crippen LogP) is 1.10. The van der Waals surface area contributed by atoms with E-state index < -0.39 is 74.6 Å². The van der Waals surface area contributed by atoms with Gasteiger partial charge < -0.3 is 57.4 Å². The number of ether oxygens (including phenoxy) is 9. The van der Waals surface area contributed by atoms with Gasteiger partial charge >= 0.3 is 13.8 Å². The zero-order valence-electron chi connectivity index (χ0n) is 24.8. The van der Waals surface area contributed by atoms with Gasteiger partial charge in [0.15, 0.2) is 35.6 Å². The third-order valence-electron chi connectivity index (χ3n) is 8.94. The molecule has 0 aromatic heterocycles. The van der Waals surface area contributed by atoms with Crippen LogP contribution in [0, 0.1) is 11.8 Å². The van der Waals surface area contributed by atoms with Gasteiger partial charge in [-0.25, -0.2) is 4.57 Å². The molecule has 2 aromatic rings. The largest absolute Gasteiger partial charge is 0.525 e. The van der Waals surface area contributed by atoms with Crippen LogP contribution in [0.5, 0.6) is 28.7 Å². The molecule has 17 heteroatoms. The van der Waals surface area contributed by atoms with Crippen molar-refractivity contribution in [2.75, 3.05) is 34.2 Å². The van der Waals surface area contributed by atoms with Crippen LogP contribution < -0.4 is 23.5 Å². The van der Waals surface area contributed by atoms with Crippen molar-refractivity contribution >= 4 is 13.8 Å². The Morgan fingerprint density at radius 2 is 1.57 bits per heavy atom. The number of phosphoric acid groups is 1. The Hall–Kier alpha value is -3.18. The fourth-order valence-electron chi connectivity index (χ4n) is 6.93. The molecular weight excluding hydrogens is 635 g/mol. The molecule has 3 fully saturated rings. The van der Waals surface area contributed by atoms with Gasteiger partial charge in [0.2, 0.25) is 12.5 Å². The second-order valence-corrected chi connectivity index (χ2v) is 12.7. The van der Waals surface area contributed by atoms with E-state index >= 15 is 0 Å². The molecule has 3 saturated heterocycles. The summed E-state index contributed by atoms with van der Waals surface area (Å²) in [6, 6.07) is 6.47. The average Bonchev–Trinajstić information content (AvgIpc) is 3.64. The highest BCUT2D eigenvalue weighted by Gasteiger charge is 2.56. The van der Waals surface area contributed by atoms with Crippen molar-refractivity contribution in [1.29, 1.82) is 0 Å². The van der Waals surface area contributed by atoms with Crippen molar-refractivity contribution in [3.63, 3.8) is 0 Å². The highest BCUT2D eigenvalue weighted by atomic mass is 31.2. The molecule has 1 aliphatic carbocycles. The highest BCUT2D eigenvalue weighted by molar-refractivity contribution is 7.46. The number of fused-ring (bicyclic) bond motifs is 4. The molecule has 0 bridgehead atoms. The van der Waals surface area contributed by atoms with E-state index in [-0.39, 0.29) is 37.3 Å². The Balaban J connectivity index is 1.32. The van der Waals surface area contributed by atoms with Gasteiger partial charge in [-0.3, -0.25) is 14.6 Å². The molecule has 7 rings (SSSR count). The van der Waals surface area contributed by atoms with Gasteiger partial charge in [0.25, 0.3) is 0 Å². The smallest absolute Gasteiger partial charge is 0.493 e. The van der Waals surface area contributed by atoms with E-state index in [0.717, 1.165) is 0 Å². The van der Waals surface area contributed by atoms with Gasteiger partial charge in [-0.05, 0) is 47.9 Å². The van der Waals surface area contributed by atoms with Crippen LogP contribution in [0.15, 0.2) is 24.3 Å². The summed E-state index contributed by atoms with van der Waals surface area (Å²) in [6.07, 6.45) is -7.18. The summed E-state index contributed by atoms with van der Waals surface area (Å²) in [4.78, 5) is 32.5. The number of esters is 1. The molecule has 0 saturated carbocycles. The Morgan fingerprint density at radius 1 is 0.891 bits per heavy atom. The first kappa shape index (κ1) is 31.4. The maximum atomic E-state index is 13.5. The number of phosphoric ester groups is 1. The quantitative estimate of drug-likeness (QED) is 0.241. The first-order valence-electron chi connectivity index (χ1n) is 14.5. The van der Waals surface area contributed by atoms with Gasteiger partial charge in [-0.1, -0.05) is 0 Å². The molecule has 0 radical (unpaired) electrons. The van der Waals surface area contributed by atoms with Crippen LogP contribution in [0.3, 0.4) is 0 Å². The van der Waals surface area contributed by atoms with Crippen LogP contribution in [0.4, 0.5) is 0 Å². The van der Waals surface area contributed by atoms with Crippen LogP contribution in [0.25, 0.3) is 0 Å². The Morgan fingerprint density at radius 3 is 2.22 bits per heavy atom. The maximum Gasteiger partial charge on any atom is 0.525 e. The number of aliphatic hydroxyl groups excluding tert-OH is 2. The predicted molar refractivity (Wildman–Crippen MR) is 149 cm³/mol. The molecule has 4 heterocycles. The standard InChI is InChI=1S/C29H33O16P/c1-11-38-9-20-27(42-11)23(30)24(31)29(43-20)44-25-14-7-17-16(40-10-41-17)6-13(14)21(22-15(25)8-39-28(22)32)12-4-18(36-2)26(19(5-12)37-3)45-46(33,34)35/h4-7,11,15,20-25,27,29-31H,8-10H2,1-3H3,(H2,33,34,35)/t11-,15+,20-,21+,22+,23-,24-,25-,27-,29+/m1/s1. The zero-order valence-corrected chi connectivity index (χ0v) is 25.7. The lowest BCUT2D eigenvalue weighted by Gasteiger charge is -2.47. The normalized spacial score (nSPS) is 34.6. The monoisotopic (exact) mass is 668 g/mol. The van der Waals surface area contributed by atoms with E-state index in [1.807, 2.05) is 0 Å². The third-order valence-corrected chi connectivity index (χ3v) is 9.36. The van der Waals surface area contributed by atoms with E-state index in [1.165, 1.54) is 26.4 Å². The van der Waals surface area contributed by atoms with Crippen molar-refractivity contribution in [2.45, 2.75) is 55.9 Å². The summed E-state index contributed by atoms with van der Waals surface area (Å²) >= 11 is 0. The molecule has 46 heavy (non-hydrogen) atoms. The van der Waals surface area contributed by atoms with E-state index in [0.29, 0.717) is 28.2 Å². The van der Waals surface area contributed by atoms with Crippen molar-refractivity contribution < 1.29 is 76.5 Å². The molecular formula is C29H33O16P. The minimum Gasteiger partial charge on any atom is -0.493 e. The second kappa shape index (κ2) is 11.8. The number of hydrogen-bond donors (Lipinski definition) is 4. The molecule has 0 amide bonds. The molecule has 0 unspecified atom stereocenters. The number of rotatable bonds is 7. The highest BCUT2D eigenvalue weighted by Crippen LogP contribution is 2.57. The van der Waals surface area contributed by atoms with Gasteiger partial charge in [-0.15, -0.1) is 0 Å². The van der Waals surface area contributed by atoms with Crippen LogP contribution in [0.1, 0.15) is 35.6 Å². The minimum absolute atomic E-state index is 0.0303. The number of aliphatic hydroxyl groups is 2. The van der Waals surface area contributed by atoms with Gasteiger partial charge in [0.05, 0.1) is 39.5 Å². The summed E-state index contributed by atoms with van der Waals surface area (Å²) < 4.78 is 68.1. The SMILES string of the molecule is COc1cc([C@H]2c3cc4c(cc3[C@@H](O[C@@H]3O[C@@H]5CO[C@@H](C)O[C@H]5[C@H](O)[C@H]3O)[C@H]3COC(=O)[C@H]23)OCO4)cc(OC)c1OP(=O)(O)O. The Labute approximate surface area is 262 Å². The van der Waals surface area contributed by atoms with Crippen LogP contribution in [-0.4, -0.2) is 97.2 Å². The van der Waals surface area contributed by atoms with Crippen LogP contribution in [0.2, 0.25) is 0 Å². The van der Waals surface area contributed by atoms with Crippen molar-refractivity contribution in [2.24, 2.45) is 11.8 Å². The summed E-state index contributed by atoms with van der Waals surface area (Å²) in [6.45, 7) is 1.72. The summed E-state index contributed by atoms with van der Waals surface area (Å²) in [5.41, 5.74) is 1.65. The Bertz CT molecular complexity index is 1530. The molecule has 16 nitrogen and oxygen atoms in total. The van der Waals surface area contributed by atoms with Gasteiger partial charge in [-0.2, -0.15) is 0 Å². The molecule has 250 valence electrons. The number of carbonyl (C=O) groups is 1. The number of cyclic esters (lactones) is 1. The first-order valence-corrected chi connectivity index (χ1v) is 16.1. The number of benzene rings is 2. The van der Waals surface area contributed by atoms with Gasteiger partial charge in [0.1, 0.15) is 24.4 Å². The number of hydrogen-bond acceptors (Lipinski definition) is 14. The number of methoxy groups -OCH3 is 2. The van der Waals surface area contributed by atoms with E-state index in [9.17, 15) is 29.4 Å². The summed E-state index contributed by atoms with van der Waals surface area (Å²) in [7, 11) is -2.40. The first-order chi connectivity index (χ1) is 22.0. The van der Waals surface area contributed by atoms with Crippen LogP contribution >= 0.6 is 7.82 Å². The van der Waals surface area contributed by atoms with Crippen molar-refractivity contribution in [3.05, 3.63) is 41.0 Å². The molecule has 5 aliphatic rings. The molecule has 4 aliphatic heterocycles. The maximum absolute atomic E-state index is 13.5.